The summed E-state index contributed by atoms with van der Waals surface area (Å²) >= 11 is 0. The van der Waals surface area contributed by atoms with Crippen LogP contribution in [0.1, 0.15) is 42.5 Å². The SMILES string of the molecule is Cc1nnc(NCCC2=CCCC2)c(C#N)c1C. The van der Waals surface area contributed by atoms with Crippen LogP contribution in [0.4, 0.5) is 5.82 Å². The third-order valence-corrected chi connectivity index (χ3v) is 3.44. The van der Waals surface area contributed by atoms with Crippen molar-refractivity contribution in [2.45, 2.75) is 39.5 Å². The standard InChI is InChI=1S/C14H18N4/c1-10-11(2)17-18-14(13(10)9-15)16-8-7-12-5-3-4-6-12/h5H,3-4,6-8H2,1-2H3,(H,16,18). The van der Waals surface area contributed by atoms with Gasteiger partial charge in [-0.3, -0.25) is 0 Å². The van der Waals surface area contributed by atoms with Crippen molar-refractivity contribution in [1.82, 2.24) is 10.2 Å². The number of anilines is 1. The average Bonchev–Trinajstić information content (AvgIpc) is 2.87. The zero-order valence-corrected chi connectivity index (χ0v) is 11.0. The van der Waals surface area contributed by atoms with E-state index in [1.807, 2.05) is 13.8 Å². The van der Waals surface area contributed by atoms with Crippen LogP contribution in [-0.4, -0.2) is 16.7 Å². The molecule has 0 spiro atoms. The molecular formula is C14H18N4. The predicted octanol–water partition coefficient (Wildman–Crippen LogP) is 2.88. The molecule has 1 heterocycles. The highest BCUT2D eigenvalue weighted by Gasteiger charge is 2.10. The number of nitriles is 1. The fraction of sp³-hybridized carbons (Fsp3) is 0.500. The van der Waals surface area contributed by atoms with Crippen molar-refractivity contribution < 1.29 is 0 Å². The second kappa shape index (κ2) is 5.63. The van der Waals surface area contributed by atoms with E-state index in [1.54, 1.807) is 0 Å². The lowest BCUT2D eigenvalue weighted by Crippen LogP contribution is -2.09. The van der Waals surface area contributed by atoms with Crippen molar-refractivity contribution in [2.24, 2.45) is 0 Å². The second-order valence-electron chi connectivity index (χ2n) is 4.68. The maximum atomic E-state index is 9.17. The third kappa shape index (κ3) is 2.67. The Morgan fingerprint density at radius 2 is 2.22 bits per heavy atom. The number of hydrogen-bond donors (Lipinski definition) is 1. The molecule has 0 aliphatic heterocycles. The van der Waals surface area contributed by atoms with Crippen LogP contribution in [-0.2, 0) is 0 Å². The van der Waals surface area contributed by atoms with Gasteiger partial charge in [0, 0.05) is 6.54 Å². The second-order valence-corrected chi connectivity index (χ2v) is 4.68. The smallest absolute Gasteiger partial charge is 0.166 e. The van der Waals surface area contributed by atoms with Crippen molar-refractivity contribution >= 4 is 5.82 Å². The molecule has 1 aromatic rings. The number of rotatable bonds is 4. The summed E-state index contributed by atoms with van der Waals surface area (Å²) in [5, 5.41) is 20.5. The largest absolute Gasteiger partial charge is 0.367 e. The highest BCUT2D eigenvalue weighted by Crippen LogP contribution is 2.21. The van der Waals surface area contributed by atoms with Crippen molar-refractivity contribution in [3.05, 3.63) is 28.5 Å². The Morgan fingerprint density at radius 1 is 1.39 bits per heavy atom. The van der Waals surface area contributed by atoms with Crippen molar-refractivity contribution in [3.8, 4) is 6.07 Å². The Balaban J connectivity index is 2.01. The first-order valence-electron chi connectivity index (χ1n) is 6.38. The van der Waals surface area contributed by atoms with Gasteiger partial charge in [-0.05, 0) is 45.1 Å². The number of aromatic nitrogens is 2. The summed E-state index contributed by atoms with van der Waals surface area (Å²) in [5.74, 6) is 0.610. The fourth-order valence-electron chi connectivity index (χ4n) is 2.17. The summed E-state index contributed by atoms with van der Waals surface area (Å²) < 4.78 is 0. The van der Waals surface area contributed by atoms with Gasteiger partial charge in [0.05, 0.1) is 5.69 Å². The van der Waals surface area contributed by atoms with Gasteiger partial charge in [0.1, 0.15) is 11.6 Å². The monoisotopic (exact) mass is 242 g/mol. The quantitative estimate of drug-likeness (QED) is 0.825. The first-order chi connectivity index (χ1) is 8.72. The summed E-state index contributed by atoms with van der Waals surface area (Å²) in [4.78, 5) is 0. The molecule has 0 amide bonds. The van der Waals surface area contributed by atoms with Gasteiger partial charge in [-0.15, -0.1) is 5.10 Å². The number of nitrogens with one attached hydrogen (secondary N) is 1. The molecule has 4 heteroatoms. The van der Waals surface area contributed by atoms with Crippen LogP contribution < -0.4 is 5.32 Å². The summed E-state index contributed by atoms with van der Waals surface area (Å²) in [6.07, 6.45) is 7.05. The van der Waals surface area contributed by atoms with E-state index < -0.39 is 0 Å². The maximum absolute atomic E-state index is 9.17. The lowest BCUT2D eigenvalue weighted by atomic mass is 10.1. The molecule has 0 atom stereocenters. The Kier molecular flexibility index (Phi) is 3.93. The molecule has 1 aliphatic rings. The predicted molar refractivity (Wildman–Crippen MR) is 71.3 cm³/mol. The highest BCUT2D eigenvalue weighted by molar-refractivity contribution is 5.55. The molecule has 94 valence electrons. The highest BCUT2D eigenvalue weighted by atomic mass is 15.2. The van der Waals surface area contributed by atoms with Crippen LogP contribution in [0.2, 0.25) is 0 Å². The first kappa shape index (κ1) is 12.6. The topological polar surface area (TPSA) is 61.6 Å². The third-order valence-electron chi connectivity index (χ3n) is 3.44. The van der Waals surface area contributed by atoms with Crippen molar-refractivity contribution in [3.63, 3.8) is 0 Å². The van der Waals surface area contributed by atoms with E-state index in [-0.39, 0.29) is 0 Å². The van der Waals surface area contributed by atoms with Gasteiger partial charge in [0.2, 0.25) is 0 Å². The molecule has 1 aromatic heterocycles. The summed E-state index contributed by atoms with van der Waals surface area (Å²) in [7, 11) is 0. The minimum atomic E-state index is 0.610. The summed E-state index contributed by atoms with van der Waals surface area (Å²) in [5.41, 5.74) is 3.85. The number of aryl methyl sites for hydroxylation is 1. The first-order valence-corrected chi connectivity index (χ1v) is 6.38. The van der Waals surface area contributed by atoms with Gasteiger partial charge in [-0.1, -0.05) is 11.6 Å². The van der Waals surface area contributed by atoms with E-state index >= 15 is 0 Å². The van der Waals surface area contributed by atoms with Crippen LogP contribution in [0.15, 0.2) is 11.6 Å². The Bertz CT molecular complexity index is 511. The van der Waals surface area contributed by atoms with Crippen LogP contribution in [0, 0.1) is 25.2 Å². The van der Waals surface area contributed by atoms with Crippen LogP contribution >= 0.6 is 0 Å². The number of nitrogens with zero attached hydrogens (tertiary/aromatic N) is 3. The molecule has 1 N–H and O–H groups in total. The Labute approximate surface area is 108 Å². The van der Waals surface area contributed by atoms with E-state index in [0.717, 1.165) is 24.2 Å². The zero-order valence-electron chi connectivity index (χ0n) is 11.0. The van der Waals surface area contributed by atoms with Crippen LogP contribution in [0.25, 0.3) is 0 Å². The van der Waals surface area contributed by atoms with E-state index in [4.69, 9.17) is 5.26 Å². The zero-order chi connectivity index (χ0) is 13.0. The van der Waals surface area contributed by atoms with Gasteiger partial charge in [-0.2, -0.15) is 10.4 Å². The molecule has 1 aliphatic carbocycles. The van der Waals surface area contributed by atoms with E-state index in [2.05, 4.69) is 27.7 Å². The number of allylic oxidation sites excluding steroid dienone is 1. The van der Waals surface area contributed by atoms with Crippen LogP contribution in [0.5, 0.6) is 0 Å². The summed E-state index contributed by atoms with van der Waals surface area (Å²) in [6, 6.07) is 2.20. The molecule has 0 aromatic carbocycles. The minimum Gasteiger partial charge on any atom is -0.367 e. The van der Waals surface area contributed by atoms with E-state index in [9.17, 15) is 0 Å². The van der Waals surface area contributed by atoms with Gasteiger partial charge in [0.25, 0.3) is 0 Å². The molecule has 0 unspecified atom stereocenters. The van der Waals surface area contributed by atoms with Crippen molar-refractivity contribution in [2.75, 3.05) is 11.9 Å². The molecule has 0 radical (unpaired) electrons. The minimum absolute atomic E-state index is 0.610. The lowest BCUT2D eigenvalue weighted by Gasteiger charge is -2.09. The molecule has 0 fully saturated rings. The van der Waals surface area contributed by atoms with Gasteiger partial charge in [0.15, 0.2) is 5.82 Å². The molecular weight excluding hydrogens is 224 g/mol. The molecule has 0 saturated heterocycles. The van der Waals surface area contributed by atoms with Gasteiger partial charge >= 0.3 is 0 Å². The molecule has 0 saturated carbocycles. The number of hydrogen-bond acceptors (Lipinski definition) is 4. The fourth-order valence-corrected chi connectivity index (χ4v) is 2.17. The van der Waals surface area contributed by atoms with E-state index in [0.29, 0.717) is 11.4 Å². The van der Waals surface area contributed by atoms with Gasteiger partial charge in [-0.25, -0.2) is 0 Å². The Morgan fingerprint density at radius 3 is 2.89 bits per heavy atom. The molecule has 0 bridgehead atoms. The average molecular weight is 242 g/mol. The summed E-state index contributed by atoms with van der Waals surface area (Å²) in [6.45, 7) is 4.60. The lowest BCUT2D eigenvalue weighted by molar-refractivity contribution is 0.857. The normalized spacial score (nSPS) is 14.2. The molecule has 18 heavy (non-hydrogen) atoms. The van der Waals surface area contributed by atoms with Crippen LogP contribution in [0.3, 0.4) is 0 Å². The maximum Gasteiger partial charge on any atom is 0.166 e. The Hall–Kier alpha value is -1.89. The molecule has 2 rings (SSSR count). The molecule has 4 nitrogen and oxygen atoms in total. The van der Waals surface area contributed by atoms with Crippen molar-refractivity contribution in [1.29, 1.82) is 5.26 Å². The van der Waals surface area contributed by atoms with Gasteiger partial charge < -0.3 is 5.32 Å². The van der Waals surface area contributed by atoms with E-state index in [1.165, 1.54) is 24.8 Å².